The van der Waals surface area contributed by atoms with Gasteiger partial charge in [0.15, 0.2) is 0 Å². The minimum atomic E-state index is 0.636. The normalized spacial score (nSPS) is 28.9. The summed E-state index contributed by atoms with van der Waals surface area (Å²) >= 11 is 2.03. The Bertz CT molecular complexity index is 407. The summed E-state index contributed by atoms with van der Waals surface area (Å²) in [6.45, 7) is 7.16. The van der Waals surface area contributed by atoms with E-state index in [9.17, 15) is 0 Å². The van der Waals surface area contributed by atoms with Crippen LogP contribution < -0.4 is 5.32 Å². The van der Waals surface area contributed by atoms with Crippen LogP contribution in [0.1, 0.15) is 24.8 Å². The quantitative estimate of drug-likeness (QED) is 0.882. The van der Waals surface area contributed by atoms with Gasteiger partial charge in [-0.25, -0.2) is 0 Å². The molecule has 0 radical (unpaired) electrons. The lowest BCUT2D eigenvalue weighted by Crippen LogP contribution is -2.37. The minimum absolute atomic E-state index is 0.636. The van der Waals surface area contributed by atoms with E-state index in [1.807, 2.05) is 11.8 Å². The molecule has 0 bridgehead atoms. The molecule has 3 heteroatoms. The Hall–Kier alpha value is -0.510. The average Bonchev–Trinajstić information content (AvgIpc) is 2.66. The van der Waals surface area contributed by atoms with Crippen LogP contribution in [0, 0.1) is 0 Å². The first-order valence-corrected chi connectivity index (χ1v) is 7.99. The van der Waals surface area contributed by atoms with Gasteiger partial charge >= 0.3 is 0 Å². The minimum Gasteiger partial charge on any atom is -0.313 e. The highest BCUT2D eigenvalue weighted by Crippen LogP contribution is 2.39. The SMILES string of the molecule is CC1CN(CC2CSc3ccccc32)CCCN1. The van der Waals surface area contributed by atoms with Gasteiger partial charge in [-0.1, -0.05) is 18.2 Å². The first kappa shape index (κ1) is 12.5. The lowest BCUT2D eigenvalue weighted by molar-refractivity contribution is 0.261. The van der Waals surface area contributed by atoms with E-state index in [0.29, 0.717) is 6.04 Å². The van der Waals surface area contributed by atoms with Gasteiger partial charge in [0.05, 0.1) is 0 Å². The summed E-state index contributed by atoms with van der Waals surface area (Å²) in [5.41, 5.74) is 1.58. The summed E-state index contributed by atoms with van der Waals surface area (Å²) in [5.74, 6) is 1.99. The third kappa shape index (κ3) is 2.73. The maximum Gasteiger partial charge on any atom is 0.0166 e. The molecule has 2 atom stereocenters. The molecule has 0 amide bonds. The molecule has 2 aliphatic rings. The monoisotopic (exact) mass is 262 g/mol. The lowest BCUT2D eigenvalue weighted by Gasteiger charge is -2.25. The van der Waals surface area contributed by atoms with Gasteiger partial charge < -0.3 is 10.2 Å². The summed E-state index contributed by atoms with van der Waals surface area (Å²) in [4.78, 5) is 4.15. The van der Waals surface area contributed by atoms with Crippen molar-refractivity contribution in [3.8, 4) is 0 Å². The number of nitrogens with one attached hydrogen (secondary N) is 1. The van der Waals surface area contributed by atoms with Crippen LogP contribution in [-0.2, 0) is 0 Å². The molecule has 1 fully saturated rings. The van der Waals surface area contributed by atoms with Gasteiger partial charge in [0.1, 0.15) is 0 Å². The smallest absolute Gasteiger partial charge is 0.0166 e. The van der Waals surface area contributed by atoms with Gasteiger partial charge in [0, 0.05) is 35.7 Å². The molecule has 1 aromatic carbocycles. The summed E-state index contributed by atoms with van der Waals surface area (Å²) < 4.78 is 0. The molecule has 0 spiro atoms. The number of thioether (sulfide) groups is 1. The fourth-order valence-electron chi connectivity index (χ4n) is 3.05. The first-order chi connectivity index (χ1) is 8.83. The fraction of sp³-hybridized carbons (Fsp3) is 0.600. The van der Waals surface area contributed by atoms with Gasteiger partial charge in [-0.3, -0.25) is 0 Å². The average molecular weight is 262 g/mol. The van der Waals surface area contributed by atoms with E-state index < -0.39 is 0 Å². The number of rotatable bonds is 2. The Morgan fingerprint density at radius 3 is 3.22 bits per heavy atom. The molecular formula is C15H22N2S. The van der Waals surface area contributed by atoms with E-state index in [1.54, 1.807) is 5.56 Å². The zero-order valence-electron chi connectivity index (χ0n) is 11.1. The molecule has 1 saturated heterocycles. The predicted molar refractivity (Wildman–Crippen MR) is 78.4 cm³/mol. The van der Waals surface area contributed by atoms with Gasteiger partial charge in [0.25, 0.3) is 0 Å². The number of nitrogens with zero attached hydrogens (tertiary/aromatic N) is 1. The maximum absolute atomic E-state index is 3.57. The van der Waals surface area contributed by atoms with Crippen LogP contribution in [0.5, 0.6) is 0 Å². The molecule has 98 valence electrons. The van der Waals surface area contributed by atoms with Crippen LogP contribution in [-0.4, -0.2) is 42.9 Å². The second-order valence-corrected chi connectivity index (χ2v) is 6.58. The zero-order chi connectivity index (χ0) is 12.4. The number of hydrogen-bond acceptors (Lipinski definition) is 3. The maximum atomic E-state index is 3.57. The zero-order valence-corrected chi connectivity index (χ0v) is 11.9. The van der Waals surface area contributed by atoms with Crippen LogP contribution >= 0.6 is 11.8 Å². The summed E-state index contributed by atoms with van der Waals surface area (Å²) in [5, 5.41) is 3.57. The van der Waals surface area contributed by atoms with Gasteiger partial charge in [-0.05, 0) is 38.1 Å². The molecule has 1 N–H and O–H groups in total. The van der Waals surface area contributed by atoms with Crippen molar-refractivity contribution in [2.24, 2.45) is 0 Å². The molecule has 0 saturated carbocycles. The Kier molecular flexibility index (Phi) is 3.92. The first-order valence-electron chi connectivity index (χ1n) is 7.00. The second kappa shape index (κ2) is 5.64. The molecule has 18 heavy (non-hydrogen) atoms. The summed E-state index contributed by atoms with van der Waals surface area (Å²) in [7, 11) is 0. The van der Waals surface area contributed by atoms with Crippen LogP contribution in [0.2, 0.25) is 0 Å². The van der Waals surface area contributed by atoms with Crippen molar-refractivity contribution < 1.29 is 0 Å². The van der Waals surface area contributed by atoms with E-state index in [4.69, 9.17) is 0 Å². The Morgan fingerprint density at radius 2 is 2.28 bits per heavy atom. The highest BCUT2D eigenvalue weighted by molar-refractivity contribution is 7.99. The predicted octanol–water partition coefficient (Wildman–Crippen LogP) is 2.56. The Balaban J connectivity index is 1.66. The van der Waals surface area contributed by atoms with E-state index in [2.05, 4.69) is 41.4 Å². The van der Waals surface area contributed by atoms with Crippen LogP contribution in [0.3, 0.4) is 0 Å². The van der Waals surface area contributed by atoms with E-state index >= 15 is 0 Å². The molecule has 2 nitrogen and oxygen atoms in total. The van der Waals surface area contributed by atoms with Crippen molar-refractivity contribution in [3.63, 3.8) is 0 Å². The number of fused-ring (bicyclic) bond motifs is 1. The fourth-order valence-corrected chi connectivity index (χ4v) is 4.29. The van der Waals surface area contributed by atoms with E-state index in [-0.39, 0.29) is 0 Å². The van der Waals surface area contributed by atoms with Crippen molar-refractivity contribution in [2.75, 3.05) is 31.9 Å². The topological polar surface area (TPSA) is 15.3 Å². The van der Waals surface area contributed by atoms with Crippen molar-refractivity contribution in [2.45, 2.75) is 30.2 Å². The Morgan fingerprint density at radius 1 is 1.39 bits per heavy atom. The molecule has 1 aromatic rings. The van der Waals surface area contributed by atoms with E-state index in [0.717, 1.165) is 5.92 Å². The molecule has 0 aliphatic carbocycles. The standard InChI is InChI=1S/C15H22N2S/c1-12-9-17(8-4-7-16-12)10-13-11-18-15-6-3-2-5-14(13)15/h2-3,5-6,12-13,16H,4,7-11H2,1H3. The molecule has 0 aromatic heterocycles. The molecule has 3 rings (SSSR count). The van der Waals surface area contributed by atoms with Gasteiger partial charge in [-0.15, -0.1) is 11.8 Å². The van der Waals surface area contributed by atoms with Gasteiger partial charge in [-0.2, -0.15) is 0 Å². The highest BCUT2D eigenvalue weighted by Gasteiger charge is 2.25. The number of hydrogen-bond donors (Lipinski definition) is 1. The van der Waals surface area contributed by atoms with Crippen molar-refractivity contribution in [3.05, 3.63) is 29.8 Å². The molecule has 2 heterocycles. The van der Waals surface area contributed by atoms with E-state index in [1.165, 1.54) is 43.2 Å². The highest BCUT2D eigenvalue weighted by atomic mass is 32.2. The Labute approximate surface area is 114 Å². The second-order valence-electron chi connectivity index (χ2n) is 5.51. The van der Waals surface area contributed by atoms with Crippen LogP contribution in [0.25, 0.3) is 0 Å². The molecule has 2 unspecified atom stereocenters. The van der Waals surface area contributed by atoms with Crippen molar-refractivity contribution >= 4 is 11.8 Å². The lowest BCUT2D eigenvalue weighted by atomic mass is 10.0. The largest absolute Gasteiger partial charge is 0.313 e. The van der Waals surface area contributed by atoms with Crippen LogP contribution in [0.15, 0.2) is 29.2 Å². The van der Waals surface area contributed by atoms with Gasteiger partial charge in [0.2, 0.25) is 0 Å². The third-order valence-electron chi connectivity index (χ3n) is 3.95. The van der Waals surface area contributed by atoms with Crippen LogP contribution in [0.4, 0.5) is 0 Å². The third-order valence-corrected chi connectivity index (χ3v) is 5.21. The number of benzene rings is 1. The van der Waals surface area contributed by atoms with Crippen molar-refractivity contribution in [1.29, 1.82) is 0 Å². The molecule has 2 aliphatic heterocycles. The van der Waals surface area contributed by atoms with Crippen molar-refractivity contribution in [1.82, 2.24) is 10.2 Å². The summed E-state index contributed by atoms with van der Waals surface area (Å²) in [6, 6.07) is 9.57. The molecular weight excluding hydrogens is 240 g/mol. The summed E-state index contributed by atoms with van der Waals surface area (Å²) in [6.07, 6.45) is 1.28.